The molecular formula is C22H29O4-. The van der Waals surface area contributed by atoms with Crippen LogP contribution in [0.25, 0.3) is 0 Å². The maximum Gasteiger partial charge on any atom is 0.335 e. The van der Waals surface area contributed by atoms with Gasteiger partial charge in [-0.25, -0.2) is 4.79 Å². The second-order valence-corrected chi connectivity index (χ2v) is 8.30. The van der Waals surface area contributed by atoms with Gasteiger partial charge in [0.1, 0.15) is 11.4 Å². The largest absolute Gasteiger partial charge is 0.872 e. The molecule has 0 fully saturated rings. The van der Waals surface area contributed by atoms with E-state index >= 15 is 0 Å². The van der Waals surface area contributed by atoms with Gasteiger partial charge in [0.05, 0.1) is 5.56 Å². The number of unbranched alkanes of at least 4 members (excludes halogenated alkanes) is 2. The molecule has 1 aliphatic heterocycles. The Morgan fingerprint density at radius 1 is 1.38 bits per heavy atom. The molecule has 1 aliphatic carbocycles. The maximum absolute atomic E-state index is 13.2. The minimum Gasteiger partial charge on any atom is -0.872 e. The number of fused-ring (bicyclic) bond motifs is 3. The molecule has 142 valence electrons. The summed E-state index contributed by atoms with van der Waals surface area (Å²) in [6, 6.07) is 1.82. The fraction of sp³-hybridized carbons (Fsp3) is 0.591. The van der Waals surface area contributed by atoms with E-state index < -0.39 is 5.97 Å². The van der Waals surface area contributed by atoms with Gasteiger partial charge in [0.15, 0.2) is 0 Å². The van der Waals surface area contributed by atoms with Gasteiger partial charge in [0, 0.05) is 11.8 Å². The van der Waals surface area contributed by atoms with Gasteiger partial charge in [0.25, 0.3) is 0 Å². The number of carboxylic acids is 1. The van der Waals surface area contributed by atoms with Crippen LogP contribution < -0.4 is 9.84 Å². The molecule has 2 atom stereocenters. The van der Waals surface area contributed by atoms with E-state index in [1.807, 2.05) is 6.07 Å². The maximum atomic E-state index is 13.2. The number of aromatic carboxylic acids is 1. The lowest BCUT2D eigenvalue weighted by atomic mass is 9.67. The molecule has 0 saturated carbocycles. The molecule has 4 heteroatoms. The summed E-state index contributed by atoms with van der Waals surface area (Å²) in [5.41, 5.74) is 1.99. The number of rotatable bonds is 5. The topological polar surface area (TPSA) is 69.6 Å². The summed E-state index contributed by atoms with van der Waals surface area (Å²) in [6.45, 7) is 8.34. The first-order valence-corrected chi connectivity index (χ1v) is 9.72. The molecule has 1 aromatic rings. The van der Waals surface area contributed by atoms with Crippen molar-refractivity contribution in [2.45, 2.75) is 77.7 Å². The van der Waals surface area contributed by atoms with Crippen molar-refractivity contribution in [2.24, 2.45) is 5.92 Å². The van der Waals surface area contributed by atoms with Gasteiger partial charge in [0.2, 0.25) is 0 Å². The molecule has 2 aliphatic rings. The quantitative estimate of drug-likeness (QED) is 0.607. The number of benzene rings is 1. The molecule has 3 rings (SSSR count). The van der Waals surface area contributed by atoms with Gasteiger partial charge >= 0.3 is 5.97 Å². The van der Waals surface area contributed by atoms with Crippen LogP contribution in [0.5, 0.6) is 11.5 Å². The van der Waals surface area contributed by atoms with Gasteiger partial charge in [-0.15, -0.1) is 0 Å². The normalized spacial score (nSPS) is 23.5. The minimum absolute atomic E-state index is 0.0569. The first-order valence-electron chi connectivity index (χ1n) is 9.72. The van der Waals surface area contributed by atoms with Gasteiger partial charge in [-0.1, -0.05) is 37.2 Å². The molecule has 1 N–H and O–H groups in total. The van der Waals surface area contributed by atoms with E-state index in [1.165, 1.54) is 5.57 Å². The average molecular weight is 357 g/mol. The van der Waals surface area contributed by atoms with Crippen LogP contribution in [-0.2, 0) is 6.42 Å². The van der Waals surface area contributed by atoms with E-state index in [4.69, 9.17) is 4.74 Å². The van der Waals surface area contributed by atoms with Gasteiger partial charge in [-0.05, 0) is 63.6 Å². The average Bonchev–Trinajstić information content (AvgIpc) is 2.53. The van der Waals surface area contributed by atoms with Crippen LogP contribution in [-0.4, -0.2) is 16.7 Å². The predicted molar refractivity (Wildman–Crippen MR) is 100 cm³/mol. The molecule has 0 amide bonds. The van der Waals surface area contributed by atoms with E-state index in [0.717, 1.165) is 32.1 Å². The Morgan fingerprint density at radius 2 is 2.12 bits per heavy atom. The number of ether oxygens (including phenoxy) is 1. The molecule has 0 radical (unpaired) electrons. The van der Waals surface area contributed by atoms with Crippen molar-refractivity contribution in [1.29, 1.82) is 0 Å². The van der Waals surface area contributed by atoms with Crippen molar-refractivity contribution in [2.75, 3.05) is 0 Å². The molecule has 0 saturated heterocycles. The first-order chi connectivity index (χ1) is 12.3. The summed E-state index contributed by atoms with van der Waals surface area (Å²) < 4.78 is 6.26. The zero-order valence-corrected chi connectivity index (χ0v) is 16.2. The Hall–Kier alpha value is -1.97. The standard InChI is InChI=1S/C22H30O4/c1-5-6-7-8-14-12-17-19(20(23)18(14)21(24)25)15-11-13(2)9-10-16(15)22(3,4)26-17/h11-12,15-16,23H,5-10H2,1-4H3,(H,24,25)/p-1/t15?,16-/m1/s1. The van der Waals surface area contributed by atoms with Crippen LogP contribution in [0, 0.1) is 5.92 Å². The van der Waals surface area contributed by atoms with E-state index in [1.54, 1.807) is 0 Å². The third kappa shape index (κ3) is 3.22. The van der Waals surface area contributed by atoms with Crippen molar-refractivity contribution in [3.05, 3.63) is 34.4 Å². The molecule has 0 aromatic heterocycles. The third-order valence-corrected chi connectivity index (χ3v) is 5.97. The Kier molecular flexibility index (Phi) is 5.05. The molecule has 0 bridgehead atoms. The van der Waals surface area contributed by atoms with Crippen molar-refractivity contribution in [3.63, 3.8) is 0 Å². The van der Waals surface area contributed by atoms with E-state index in [2.05, 4.69) is 33.8 Å². The SMILES string of the molecule is CCCCCc1cc2c(c([O-])c1C(=O)O)C1C=C(C)CC[C@H]1C(C)(C)O2. The van der Waals surface area contributed by atoms with E-state index in [0.29, 0.717) is 23.3 Å². The number of aryl methyl sites for hydroxylation is 1. The highest BCUT2D eigenvalue weighted by Gasteiger charge is 2.44. The fourth-order valence-electron chi connectivity index (χ4n) is 4.59. The number of carboxylic acid groups (broad SMARTS) is 1. The van der Waals surface area contributed by atoms with E-state index in [9.17, 15) is 15.0 Å². The molecule has 0 spiro atoms. The Bertz CT molecular complexity index is 745. The number of hydrogen-bond donors (Lipinski definition) is 1. The van der Waals surface area contributed by atoms with Crippen molar-refractivity contribution < 1.29 is 19.7 Å². The third-order valence-electron chi connectivity index (χ3n) is 5.97. The lowest BCUT2D eigenvalue weighted by Gasteiger charge is -2.48. The van der Waals surface area contributed by atoms with Crippen LogP contribution in [0.4, 0.5) is 0 Å². The minimum atomic E-state index is -1.12. The van der Waals surface area contributed by atoms with Crippen LogP contribution in [0.15, 0.2) is 17.7 Å². The second kappa shape index (κ2) is 6.98. The van der Waals surface area contributed by atoms with Crippen LogP contribution in [0.2, 0.25) is 0 Å². The fourth-order valence-corrected chi connectivity index (χ4v) is 4.59. The van der Waals surface area contributed by atoms with Crippen molar-refractivity contribution >= 4 is 5.97 Å². The lowest BCUT2D eigenvalue weighted by Crippen LogP contribution is -2.45. The van der Waals surface area contributed by atoms with E-state index in [-0.39, 0.29) is 28.7 Å². The summed E-state index contributed by atoms with van der Waals surface area (Å²) in [7, 11) is 0. The molecular weight excluding hydrogens is 328 g/mol. The van der Waals surface area contributed by atoms with Gasteiger partial charge in [-0.2, -0.15) is 0 Å². The zero-order chi connectivity index (χ0) is 19.1. The molecule has 1 aromatic carbocycles. The summed E-state index contributed by atoms with van der Waals surface area (Å²) in [5.74, 6) is -0.749. The highest BCUT2D eigenvalue weighted by Crippen LogP contribution is 2.53. The highest BCUT2D eigenvalue weighted by atomic mass is 16.5. The summed E-state index contributed by atoms with van der Waals surface area (Å²) in [4.78, 5) is 11.9. The van der Waals surface area contributed by atoms with Crippen LogP contribution in [0.3, 0.4) is 0 Å². The van der Waals surface area contributed by atoms with Crippen molar-refractivity contribution in [3.8, 4) is 11.5 Å². The Balaban J connectivity index is 2.15. The smallest absolute Gasteiger partial charge is 0.335 e. The van der Waals surface area contributed by atoms with Crippen molar-refractivity contribution in [1.82, 2.24) is 0 Å². The highest BCUT2D eigenvalue weighted by molar-refractivity contribution is 5.93. The monoisotopic (exact) mass is 357 g/mol. The summed E-state index contributed by atoms with van der Waals surface area (Å²) >= 11 is 0. The molecule has 1 unspecified atom stereocenters. The first kappa shape index (κ1) is 18.8. The van der Waals surface area contributed by atoms with Gasteiger partial charge in [-0.3, -0.25) is 0 Å². The Morgan fingerprint density at radius 3 is 2.77 bits per heavy atom. The number of carbonyl (C=O) groups is 1. The zero-order valence-electron chi connectivity index (χ0n) is 16.2. The molecule has 4 nitrogen and oxygen atoms in total. The Labute approximate surface area is 155 Å². The number of hydrogen-bond acceptors (Lipinski definition) is 3. The van der Waals surface area contributed by atoms with Crippen LogP contribution >= 0.6 is 0 Å². The molecule has 1 heterocycles. The lowest BCUT2D eigenvalue weighted by molar-refractivity contribution is -0.271. The second-order valence-electron chi connectivity index (χ2n) is 8.30. The summed E-state index contributed by atoms with van der Waals surface area (Å²) in [6.07, 6.45) is 7.66. The number of allylic oxidation sites excluding steroid dienone is 2. The van der Waals surface area contributed by atoms with Gasteiger partial charge < -0.3 is 14.9 Å². The molecule has 26 heavy (non-hydrogen) atoms. The predicted octanol–water partition coefficient (Wildman–Crippen LogP) is 4.80. The van der Waals surface area contributed by atoms with Crippen LogP contribution in [0.1, 0.15) is 87.2 Å². The summed E-state index contributed by atoms with van der Waals surface area (Å²) in [5, 5.41) is 22.9.